The molecule has 2 aromatic carbocycles. The molecule has 1 heterocycles. The fraction of sp³-hybridized carbons (Fsp3) is 0.611. The van der Waals surface area contributed by atoms with E-state index in [0.29, 0.717) is 68.7 Å². The highest BCUT2D eigenvalue weighted by Gasteiger charge is 2.54. The Morgan fingerprint density at radius 2 is 1.50 bits per heavy atom. The van der Waals surface area contributed by atoms with E-state index in [2.05, 4.69) is 14.9 Å². The molecule has 8 rings (SSSR count). The van der Waals surface area contributed by atoms with Crippen molar-refractivity contribution in [1.29, 1.82) is 0 Å². The van der Waals surface area contributed by atoms with Crippen LogP contribution in [-0.2, 0) is 14.8 Å². The molecule has 0 unspecified atom stereocenters. The summed E-state index contributed by atoms with van der Waals surface area (Å²) in [6.45, 7) is 2.52. The number of hydrogen-bond donors (Lipinski definition) is 2. The standard InChI is InChI=1S/C36H47N5O6S/c42-32(36-20-26-17-27(21-36)19-28(18-26)22-36)24-39-13-15-40(16-14-39)34-31(48(46,47)38-35(43)29-9-5-2-6-10-29)12-11-30(33(34)41(44)45)37-23-25-7-3-1-4-8-25/h2,5-6,9-12,25-28,37H,1,3-4,7-8,13-24H2,(H,38,43). The van der Waals surface area contributed by atoms with Gasteiger partial charge in [-0.05, 0) is 99.3 Å². The number of carbonyl (C=O) groups is 2. The molecule has 2 N–H and O–H groups in total. The monoisotopic (exact) mass is 677 g/mol. The van der Waals surface area contributed by atoms with Gasteiger partial charge in [-0.1, -0.05) is 37.5 Å². The number of nitrogens with one attached hydrogen (secondary N) is 2. The highest BCUT2D eigenvalue weighted by Crippen LogP contribution is 2.60. The van der Waals surface area contributed by atoms with E-state index in [9.17, 15) is 28.1 Å². The minimum Gasteiger partial charge on any atom is -0.379 e. The van der Waals surface area contributed by atoms with E-state index in [0.717, 1.165) is 44.9 Å². The highest BCUT2D eigenvalue weighted by molar-refractivity contribution is 7.90. The van der Waals surface area contributed by atoms with Crippen LogP contribution in [-0.4, -0.2) is 69.2 Å². The summed E-state index contributed by atoms with van der Waals surface area (Å²) in [5, 5.41) is 16.1. The largest absolute Gasteiger partial charge is 0.379 e. The summed E-state index contributed by atoms with van der Waals surface area (Å²) in [6.07, 6.45) is 12.4. The first kappa shape index (κ1) is 33.0. The molecule has 1 amide bonds. The van der Waals surface area contributed by atoms with E-state index in [4.69, 9.17) is 0 Å². The third-order valence-corrected chi connectivity index (χ3v) is 13.2. The van der Waals surface area contributed by atoms with Gasteiger partial charge in [0.25, 0.3) is 15.9 Å². The molecule has 4 bridgehead atoms. The topological polar surface area (TPSA) is 142 Å². The zero-order valence-corrected chi connectivity index (χ0v) is 28.4. The first-order valence-electron chi connectivity index (χ1n) is 17.8. The van der Waals surface area contributed by atoms with Gasteiger partial charge in [-0.2, -0.15) is 0 Å². The number of nitro benzene ring substituents is 1. The Balaban J connectivity index is 1.13. The fourth-order valence-corrected chi connectivity index (χ4v) is 11.0. The second kappa shape index (κ2) is 13.4. The summed E-state index contributed by atoms with van der Waals surface area (Å²) in [6, 6.07) is 10.8. The van der Waals surface area contributed by atoms with Crippen molar-refractivity contribution >= 4 is 38.8 Å². The van der Waals surface area contributed by atoms with Gasteiger partial charge in [-0.25, -0.2) is 13.1 Å². The van der Waals surface area contributed by atoms with Gasteiger partial charge < -0.3 is 10.2 Å². The number of piperazine rings is 1. The van der Waals surface area contributed by atoms with Gasteiger partial charge in [-0.15, -0.1) is 0 Å². The third-order valence-electron chi connectivity index (χ3n) is 11.8. The number of amides is 1. The second-order valence-corrected chi connectivity index (χ2v) is 16.8. The molecular weight excluding hydrogens is 630 g/mol. The van der Waals surface area contributed by atoms with Crippen molar-refractivity contribution in [2.45, 2.75) is 75.5 Å². The van der Waals surface area contributed by atoms with Gasteiger partial charge in [0.05, 0.1) is 11.5 Å². The van der Waals surface area contributed by atoms with Crippen LogP contribution in [0.4, 0.5) is 17.1 Å². The van der Waals surface area contributed by atoms with E-state index in [-0.39, 0.29) is 32.9 Å². The number of rotatable bonds is 11. The van der Waals surface area contributed by atoms with E-state index < -0.39 is 20.9 Å². The summed E-state index contributed by atoms with van der Waals surface area (Å²) in [4.78, 5) is 42.6. The van der Waals surface area contributed by atoms with Gasteiger partial charge >= 0.3 is 5.69 Å². The van der Waals surface area contributed by atoms with Crippen LogP contribution in [0.15, 0.2) is 47.4 Å². The molecule has 0 spiro atoms. The number of hydrogen-bond acceptors (Lipinski definition) is 9. The second-order valence-electron chi connectivity index (χ2n) is 15.1. The SMILES string of the molecule is O=C(NS(=O)(=O)c1ccc(NCC2CCCCC2)c([N+](=O)[O-])c1N1CCN(CC(=O)C23CC4CC(CC(C4)C2)C3)CC1)c1ccccc1. The average molecular weight is 678 g/mol. The molecule has 6 fully saturated rings. The van der Waals surface area contributed by atoms with Gasteiger partial charge in [0.15, 0.2) is 5.78 Å². The number of anilines is 2. The van der Waals surface area contributed by atoms with Crippen molar-refractivity contribution in [2.75, 3.05) is 49.5 Å². The summed E-state index contributed by atoms with van der Waals surface area (Å²) in [5.41, 5.74) is -0.0807. The molecule has 0 radical (unpaired) electrons. The first-order valence-corrected chi connectivity index (χ1v) is 19.3. The lowest BCUT2D eigenvalue weighted by atomic mass is 9.48. The molecule has 1 saturated heterocycles. The maximum atomic E-state index is 13.8. The molecule has 258 valence electrons. The predicted octanol–water partition coefficient (Wildman–Crippen LogP) is 5.61. The van der Waals surface area contributed by atoms with Crippen LogP contribution in [0.25, 0.3) is 0 Å². The maximum absolute atomic E-state index is 13.8. The lowest BCUT2D eigenvalue weighted by molar-refractivity contribution is -0.383. The molecule has 2 aromatic rings. The number of ketones is 1. The normalized spacial score (nSPS) is 27.5. The Kier molecular flexibility index (Phi) is 9.23. The van der Waals surface area contributed by atoms with Crippen molar-refractivity contribution < 1.29 is 22.9 Å². The minimum absolute atomic E-state index is 0.0194. The van der Waals surface area contributed by atoms with Crippen LogP contribution in [0.1, 0.15) is 81.0 Å². The summed E-state index contributed by atoms with van der Waals surface area (Å²) >= 11 is 0. The molecule has 1 aliphatic heterocycles. The van der Waals surface area contributed by atoms with Gasteiger partial charge in [0.1, 0.15) is 16.3 Å². The number of nitro groups is 1. The van der Waals surface area contributed by atoms with E-state index in [1.165, 1.54) is 49.9 Å². The van der Waals surface area contributed by atoms with E-state index >= 15 is 0 Å². The molecule has 5 saturated carbocycles. The molecule has 5 aliphatic carbocycles. The smallest absolute Gasteiger partial charge is 0.316 e. The Bertz CT molecular complexity index is 1610. The van der Waals surface area contributed by atoms with Crippen molar-refractivity contribution in [3.8, 4) is 0 Å². The fourth-order valence-electron chi connectivity index (χ4n) is 9.83. The number of nitrogens with zero attached hydrogens (tertiary/aromatic N) is 3. The number of sulfonamides is 1. The molecule has 11 nitrogen and oxygen atoms in total. The van der Waals surface area contributed by atoms with Crippen molar-refractivity contribution in [3.63, 3.8) is 0 Å². The summed E-state index contributed by atoms with van der Waals surface area (Å²) < 4.78 is 29.8. The summed E-state index contributed by atoms with van der Waals surface area (Å²) in [7, 11) is -4.50. The van der Waals surface area contributed by atoms with Gasteiger partial charge in [0, 0.05) is 43.7 Å². The molecular formula is C36H47N5O6S. The van der Waals surface area contributed by atoms with Crippen molar-refractivity contribution in [2.24, 2.45) is 29.1 Å². The number of carbonyl (C=O) groups excluding carboxylic acids is 2. The zero-order chi connectivity index (χ0) is 33.5. The minimum atomic E-state index is -4.50. The van der Waals surface area contributed by atoms with Crippen molar-refractivity contribution in [3.05, 3.63) is 58.1 Å². The Hall–Kier alpha value is -3.51. The summed E-state index contributed by atoms with van der Waals surface area (Å²) in [5.74, 6) is 1.96. The lowest BCUT2D eigenvalue weighted by Crippen LogP contribution is -2.54. The van der Waals surface area contributed by atoms with Gasteiger partial charge in [0.2, 0.25) is 0 Å². The Morgan fingerprint density at radius 3 is 2.10 bits per heavy atom. The Labute approximate surface area is 283 Å². The molecule has 6 aliphatic rings. The number of benzene rings is 2. The van der Waals surface area contributed by atoms with Gasteiger partial charge in [-0.3, -0.25) is 24.6 Å². The molecule has 0 atom stereocenters. The lowest BCUT2D eigenvalue weighted by Gasteiger charge is -2.56. The van der Waals surface area contributed by atoms with Crippen molar-refractivity contribution in [1.82, 2.24) is 9.62 Å². The van der Waals surface area contributed by atoms with Crippen LogP contribution in [0, 0.1) is 39.2 Å². The molecule has 0 aromatic heterocycles. The quantitative estimate of drug-likeness (QED) is 0.229. The average Bonchev–Trinajstić information content (AvgIpc) is 3.07. The molecule has 48 heavy (non-hydrogen) atoms. The zero-order valence-electron chi connectivity index (χ0n) is 27.6. The highest BCUT2D eigenvalue weighted by atomic mass is 32.2. The third kappa shape index (κ3) is 6.70. The van der Waals surface area contributed by atoms with Crippen LogP contribution < -0.4 is 14.9 Å². The Morgan fingerprint density at radius 1 is 0.875 bits per heavy atom. The first-order chi connectivity index (χ1) is 23.1. The van der Waals surface area contributed by atoms with Crippen LogP contribution in [0.2, 0.25) is 0 Å². The van der Waals surface area contributed by atoms with E-state index in [1.807, 2.05) is 0 Å². The molecule has 12 heteroatoms. The van der Waals surface area contributed by atoms with Crippen LogP contribution in [0.5, 0.6) is 0 Å². The maximum Gasteiger partial charge on any atom is 0.316 e. The number of Topliss-reactive ketones (excluding diaryl/α,β-unsaturated/α-hetero) is 1. The van der Waals surface area contributed by atoms with Crippen LogP contribution in [0.3, 0.4) is 0 Å². The van der Waals surface area contributed by atoms with E-state index in [1.54, 1.807) is 23.1 Å². The van der Waals surface area contributed by atoms with Crippen LogP contribution >= 0.6 is 0 Å². The predicted molar refractivity (Wildman–Crippen MR) is 184 cm³/mol.